The van der Waals surface area contributed by atoms with Crippen molar-refractivity contribution >= 4 is 6.16 Å². The first-order valence-corrected chi connectivity index (χ1v) is 5.52. The van der Waals surface area contributed by atoms with E-state index in [-0.39, 0.29) is 0 Å². The molecule has 1 atom stereocenters. The van der Waals surface area contributed by atoms with Crippen molar-refractivity contribution in [1.82, 2.24) is 0 Å². The van der Waals surface area contributed by atoms with Crippen LogP contribution in [0.2, 0.25) is 0 Å². The molecule has 0 fully saturated rings. The number of carbonyl (C=O) groups excluding carboxylic acids is 1. The van der Waals surface area contributed by atoms with E-state index in [4.69, 9.17) is 9.47 Å². The lowest BCUT2D eigenvalue weighted by Gasteiger charge is -2.28. The third-order valence-electron chi connectivity index (χ3n) is 2.44. The van der Waals surface area contributed by atoms with Gasteiger partial charge in [-0.1, -0.05) is 30.3 Å². The van der Waals surface area contributed by atoms with E-state index in [0.717, 1.165) is 5.56 Å². The van der Waals surface area contributed by atoms with Crippen LogP contribution in [0.4, 0.5) is 4.79 Å². The lowest BCUT2D eigenvalue weighted by Crippen LogP contribution is -2.34. The van der Waals surface area contributed by atoms with Gasteiger partial charge in [0, 0.05) is 6.61 Å². The number of methoxy groups -OCH3 is 1. The van der Waals surface area contributed by atoms with Gasteiger partial charge in [-0.15, -0.1) is 0 Å². The van der Waals surface area contributed by atoms with E-state index >= 15 is 0 Å². The summed E-state index contributed by atoms with van der Waals surface area (Å²) < 4.78 is 15.2. The molecule has 0 aromatic heterocycles. The molecule has 0 aliphatic rings. The zero-order valence-corrected chi connectivity index (χ0v) is 10.4. The van der Waals surface area contributed by atoms with Crippen LogP contribution in [0.25, 0.3) is 0 Å². The molecule has 1 rings (SSSR count). The molecule has 0 bridgehead atoms. The molecule has 17 heavy (non-hydrogen) atoms. The number of benzene rings is 1. The van der Waals surface area contributed by atoms with Gasteiger partial charge in [0.15, 0.2) is 5.60 Å². The highest BCUT2D eigenvalue weighted by atomic mass is 16.7. The molecule has 1 unspecified atom stereocenters. The molecule has 4 nitrogen and oxygen atoms in total. The first-order chi connectivity index (χ1) is 8.12. The summed E-state index contributed by atoms with van der Waals surface area (Å²) in [7, 11) is 1.29. The Balaban J connectivity index is 2.89. The Morgan fingerprint density at radius 1 is 1.29 bits per heavy atom. The standard InChI is InChI=1S/C13H18O4/c1-4-16-10-13(2,17-12(14)15-3)11-8-6-5-7-9-11/h5-9H,4,10H2,1-3H3. The van der Waals surface area contributed by atoms with Crippen molar-refractivity contribution in [1.29, 1.82) is 0 Å². The molecule has 0 spiro atoms. The first-order valence-electron chi connectivity index (χ1n) is 5.52. The quantitative estimate of drug-likeness (QED) is 0.740. The van der Waals surface area contributed by atoms with Crippen LogP contribution < -0.4 is 0 Å². The summed E-state index contributed by atoms with van der Waals surface area (Å²) >= 11 is 0. The van der Waals surface area contributed by atoms with Crippen molar-refractivity contribution in [3.8, 4) is 0 Å². The van der Waals surface area contributed by atoms with Gasteiger partial charge in [0.05, 0.1) is 13.7 Å². The topological polar surface area (TPSA) is 44.8 Å². The van der Waals surface area contributed by atoms with Crippen molar-refractivity contribution in [2.24, 2.45) is 0 Å². The summed E-state index contributed by atoms with van der Waals surface area (Å²) in [6.45, 7) is 4.55. The fourth-order valence-electron chi connectivity index (χ4n) is 1.48. The van der Waals surface area contributed by atoms with E-state index in [1.807, 2.05) is 37.3 Å². The Morgan fingerprint density at radius 2 is 1.94 bits per heavy atom. The Kier molecular flexibility index (Phi) is 4.97. The van der Waals surface area contributed by atoms with Gasteiger partial charge in [-0.2, -0.15) is 0 Å². The molecule has 0 aliphatic heterocycles. The molecule has 0 aliphatic carbocycles. The second kappa shape index (κ2) is 6.25. The third kappa shape index (κ3) is 3.75. The number of rotatable bonds is 5. The summed E-state index contributed by atoms with van der Waals surface area (Å²) in [4.78, 5) is 11.3. The van der Waals surface area contributed by atoms with Gasteiger partial charge >= 0.3 is 6.16 Å². The maximum atomic E-state index is 11.3. The Labute approximate surface area is 101 Å². The second-order valence-corrected chi connectivity index (χ2v) is 3.79. The predicted molar refractivity (Wildman–Crippen MR) is 63.8 cm³/mol. The predicted octanol–water partition coefficient (Wildman–Crippen LogP) is 2.72. The zero-order valence-electron chi connectivity index (χ0n) is 10.4. The average molecular weight is 238 g/mol. The van der Waals surface area contributed by atoms with E-state index in [2.05, 4.69) is 4.74 Å². The lowest BCUT2D eigenvalue weighted by molar-refractivity contribution is -0.0689. The van der Waals surface area contributed by atoms with Crippen LogP contribution >= 0.6 is 0 Å². The van der Waals surface area contributed by atoms with Crippen LogP contribution in [0.15, 0.2) is 30.3 Å². The summed E-state index contributed by atoms with van der Waals surface area (Å²) in [5.74, 6) is 0. The number of carbonyl (C=O) groups is 1. The zero-order chi connectivity index (χ0) is 12.7. The number of hydrogen-bond acceptors (Lipinski definition) is 4. The Bertz CT molecular complexity index is 350. The molecule has 94 valence electrons. The Hall–Kier alpha value is -1.55. The van der Waals surface area contributed by atoms with Gasteiger partial charge in [-0.25, -0.2) is 4.79 Å². The molecule has 0 saturated heterocycles. The molecule has 4 heteroatoms. The summed E-state index contributed by atoms with van der Waals surface area (Å²) in [6, 6.07) is 9.47. The van der Waals surface area contributed by atoms with Crippen LogP contribution in [0, 0.1) is 0 Å². The fourth-order valence-corrected chi connectivity index (χ4v) is 1.48. The maximum Gasteiger partial charge on any atom is 0.508 e. The molecular weight excluding hydrogens is 220 g/mol. The molecule has 1 aromatic rings. The minimum absolute atomic E-state index is 0.294. The number of hydrogen-bond donors (Lipinski definition) is 0. The van der Waals surface area contributed by atoms with Gasteiger partial charge in [0.25, 0.3) is 0 Å². The van der Waals surface area contributed by atoms with Crippen LogP contribution in [0.3, 0.4) is 0 Å². The van der Waals surface area contributed by atoms with Crippen molar-refractivity contribution in [2.75, 3.05) is 20.3 Å². The van der Waals surface area contributed by atoms with Crippen molar-refractivity contribution < 1.29 is 19.0 Å². The van der Waals surface area contributed by atoms with E-state index in [1.54, 1.807) is 6.92 Å². The minimum atomic E-state index is -0.829. The fraction of sp³-hybridized carbons (Fsp3) is 0.462. The van der Waals surface area contributed by atoms with Gasteiger partial charge < -0.3 is 14.2 Å². The van der Waals surface area contributed by atoms with Crippen molar-refractivity contribution in [2.45, 2.75) is 19.4 Å². The van der Waals surface area contributed by atoms with Gasteiger partial charge in [0.2, 0.25) is 0 Å². The van der Waals surface area contributed by atoms with E-state index < -0.39 is 11.8 Å². The second-order valence-electron chi connectivity index (χ2n) is 3.79. The maximum absolute atomic E-state index is 11.3. The lowest BCUT2D eigenvalue weighted by atomic mass is 9.97. The van der Waals surface area contributed by atoms with E-state index in [9.17, 15) is 4.79 Å². The van der Waals surface area contributed by atoms with E-state index in [0.29, 0.717) is 13.2 Å². The Morgan fingerprint density at radius 3 is 2.47 bits per heavy atom. The number of ether oxygens (including phenoxy) is 3. The van der Waals surface area contributed by atoms with Gasteiger partial charge in [-0.3, -0.25) is 0 Å². The molecule has 1 aromatic carbocycles. The third-order valence-corrected chi connectivity index (χ3v) is 2.44. The highest BCUT2D eigenvalue weighted by molar-refractivity contribution is 5.60. The highest BCUT2D eigenvalue weighted by Crippen LogP contribution is 2.26. The van der Waals surface area contributed by atoms with Crippen molar-refractivity contribution in [3.63, 3.8) is 0 Å². The molecule has 0 saturated carbocycles. The summed E-state index contributed by atoms with van der Waals surface area (Å²) in [5.41, 5.74) is 0.0449. The smallest absolute Gasteiger partial charge is 0.438 e. The van der Waals surface area contributed by atoms with Crippen molar-refractivity contribution in [3.05, 3.63) is 35.9 Å². The SMILES string of the molecule is CCOCC(C)(OC(=O)OC)c1ccccc1. The van der Waals surface area contributed by atoms with Crippen LogP contribution in [0.1, 0.15) is 19.4 Å². The first kappa shape index (κ1) is 13.5. The highest BCUT2D eigenvalue weighted by Gasteiger charge is 2.31. The summed E-state index contributed by atoms with van der Waals surface area (Å²) in [6.07, 6.45) is -0.712. The molecule has 0 radical (unpaired) electrons. The largest absolute Gasteiger partial charge is 0.508 e. The molecular formula is C13H18O4. The molecule has 0 N–H and O–H groups in total. The average Bonchev–Trinajstić information content (AvgIpc) is 2.37. The van der Waals surface area contributed by atoms with Gasteiger partial charge in [0.1, 0.15) is 0 Å². The normalized spacial score (nSPS) is 13.8. The summed E-state index contributed by atoms with van der Waals surface area (Å²) in [5, 5.41) is 0. The van der Waals surface area contributed by atoms with Crippen LogP contribution in [0.5, 0.6) is 0 Å². The van der Waals surface area contributed by atoms with E-state index in [1.165, 1.54) is 7.11 Å². The molecule has 0 heterocycles. The van der Waals surface area contributed by atoms with Crippen LogP contribution in [-0.2, 0) is 19.8 Å². The van der Waals surface area contributed by atoms with Crippen LogP contribution in [-0.4, -0.2) is 26.5 Å². The minimum Gasteiger partial charge on any atom is -0.438 e. The molecule has 0 amide bonds. The monoisotopic (exact) mass is 238 g/mol. The van der Waals surface area contributed by atoms with Gasteiger partial charge in [-0.05, 0) is 19.4 Å².